The first-order valence-electron chi connectivity index (χ1n) is 12.4. The van der Waals surface area contributed by atoms with Gasteiger partial charge in [-0.25, -0.2) is 8.42 Å². The Kier molecular flexibility index (Phi) is 9.85. The van der Waals surface area contributed by atoms with Crippen molar-refractivity contribution in [3.63, 3.8) is 0 Å². The zero-order valence-corrected chi connectivity index (χ0v) is 25.8. The lowest BCUT2D eigenvalue weighted by Crippen LogP contribution is -2.54. The molecule has 7 nitrogen and oxygen atoms in total. The summed E-state index contributed by atoms with van der Waals surface area (Å²) in [6.07, 6.45) is 0. The van der Waals surface area contributed by atoms with Gasteiger partial charge >= 0.3 is 0 Å². The Morgan fingerprint density at radius 3 is 2.13 bits per heavy atom. The number of sulfonamides is 1. The SMILES string of the molecule is Cc1ccccc1N(CC(=O)N(Cc1ccc(Br)cc1)[C@@H](C)C(=O)NC(C)(C)C)S(=O)(=O)c1ccc(Cl)cc1. The van der Waals surface area contributed by atoms with E-state index in [1.54, 1.807) is 38.1 Å². The molecule has 0 aliphatic rings. The van der Waals surface area contributed by atoms with Crippen molar-refractivity contribution in [1.29, 1.82) is 0 Å². The highest BCUT2D eigenvalue weighted by atomic mass is 79.9. The summed E-state index contributed by atoms with van der Waals surface area (Å²) in [4.78, 5) is 28.5. The topological polar surface area (TPSA) is 86.8 Å². The van der Waals surface area contributed by atoms with Gasteiger partial charge in [-0.15, -0.1) is 0 Å². The summed E-state index contributed by atoms with van der Waals surface area (Å²) in [5.41, 5.74) is 1.34. The van der Waals surface area contributed by atoms with Crippen LogP contribution in [0.5, 0.6) is 0 Å². The van der Waals surface area contributed by atoms with Gasteiger partial charge in [-0.05, 0) is 88.2 Å². The van der Waals surface area contributed by atoms with Gasteiger partial charge in [0.2, 0.25) is 11.8 Å². The molecule has 39 heavy (non-hydrogen) atoms. The number of para-hydroxylation sites is 1. The fraction of sp³-hybridized carbons (Fsp3) is 0.310. The lowest BCUT2D eigenvalue weighted by atomic mass is 10.1. The first-order chi connectivity index (χ1) is 18.2. The summed E-state index contributed by atoms with van der Waals surface area (Å²) in [6.45, 7) is 8.62. The van der Waals surface area contributed by atoms with E-state index in [1.165, 1.54) is 29.2 Å². The van der Waals surface area contributed by atoms with E-state index in [-0.39, 0.29) is 17.3 Å². The van der Waals surface area contributed by atoms with E-state index < -0.39 is 34.1 Å². The lowest BCUT2D eigenvalue weighted by molar-refractivity contribution is -0.140. The zero-order chi connectivity index (χ0) is 29.0. The molecule has 0 aromatic heterocycles. The van der Waals surface area contributed by atoms with Crippen LogP contribution < -0.4 is 9.62 Å². The van der Waals surface area contributed by atoms with Crippen LogP contribution in [0, 0.1) is 6.92 Å². The molecule has 3 rings (SSSR count). The van der Waals surface area contributed by atoms with Gasteiger partial charge in [0.25, 0.3) is 10.0 Å². The van der Waals surface area contributed by atoms with Crippen molar-refractivity contribution in [2.45, 2.75) is 57.6 Å². The van der Waals surface area contributed by atoms with E-state index in [1.807, 2.05) is 45.0 Å². The number of hydrogen-bond acceptors (Lipinski definition) is 4. The molecule has 1 atom stereocenters. The fourth-order valence-corrected chi connectivity index (χ4v) is 5.80. The molecule has 0 bridgehead atoms. The predicted molar refractivity (Wildman–Crippen MR) is 159 cm³/mol. The molecular formula is C29H33BrClN3O4S. The molecule has 0 unspecified atom stereocenters. The molecule has 1 N–H and O–H groups in total. The largest absolute Gasteiger partial charge is 0.350 e. The number of carbonyl (C=O) groups excluding carboxylic acids is 2. The Balaban J connectivity index is 2.04. The second-order valence-electron chi connectivity index (χ2n) is 10.3. The van der Waals surface area contributed by atoms with Crippen LogP contribution in [0.1, 0.15) is 38.8 Å². The number of anilines is 1. The predicted octanol–water partition coefficient (Wildman–Crippen LogP) is 5.94. The fourth-order valence-electron chi connectivity index (χ4n) is 3.93. The number of halogens is 2. The number of amides is 2. The third-order valence-corrected chi connectivity index (χ3v) is 8.55. The summed E-state index contributed by atoms with van der Waals surface area (Å²) in [5.74, 6) is -0.855. The first-order valence-corrected chi connectivity index (χ1v) is 15.0. The van der Waals surface area contributed by atoms with E-state index >= 15 is 0 Å². The van der Waals surface area contributed by atoms with Crippen LogP contribution in [0.25, 0.3) is 0 Å². The van der Waals surface area contributed by atoms with Gasteiger partial charge in [0.05, 0.1) is 10.6 Å². The second-order valence-corrected chi connectivity index (χ2v) is 13.5. The van der Waals surface area contributed by atoms with Crippen LogP contribution in [0.4, 0.5) is 5.69 Å². The molecule has 0 saturated heterocycles. The van der Waals surface area contributed by atoms with Crippen molar-refractivity contribution in [1.82, 2.24) is 10.2 Å². The average Bonchev–Trinajstić information content (AvgIpc) is 2.86. The van der Waals surface area contributed by atoms with Gasteiger partial charge in [0, 0.05) is 21.6 Å². The number of aryl methyl sites for hydroxylation is 1. The summed E-state index contributed by atoms with van der Waals surface area (Å²) >= 11 is 9.41. The molecular weight excluding hydrogens is 602 g/mol. The first kappa shape index (κ1) is 30.7. The van der Waals surface area contributed by atoms with Gasteiger partial charge in [0.15, 0.2) is 0 Å². The van der Waals surface area contributed by atoms with E-state index in [9.17, 15) is 18.0 Å². The van der Waals surface area contributed by atoms with Crippen LogP contribution in [-0.2, 0) is 26.2 Å². The minimum Gasteiger partial charge on any atom is -0.350 e. The van der Waals surface area contributed by atoms with Gasteiger partial charge in [-0.1, -0.05) is 57.9 Å². The Bertz CT molecular complexity index is 1420. The van der Waals surface area contributed by atoms with E-state index in [4.69, 9.17) is 11.6 Å². The molecule has 0 heterocycles. The molecule has 208 valence electrons. The van der Waals surface area contributed by atoms with Crippen LogP contribution >= 0.6 is 27.5 Å². The maximum Gasteiger partial charge on any atom is 0.264 e. The molecule has 0 spiro atoms. The van der Waals surface area contributed by atoms with Crippen molar-refractivity contribution in [3.05, 3.63) is 93.4 Å². The quantitative estimate of drug-likeness (QED) is 0.316. The van der Waals surface area contributed by atoms with Gasteiger partial charge in [0.1, 0.15) is 12.6 Å². The minimum absolute atomic E-state index is 0.000867. The highest BCUT2D eigenvalue weighted by molar-refractivity contribution is 9.10. The van der Waals surface area contributed by atoms with Crippen molar-refractivity contribution >= 4 is 55.1 Å². The van der Waals surface area contributed by atoms with Crippen molar-refractivity contribution in [2.24, 2.45) is 0 Å². The normalized spacial score (nSPS) is 12.5. The Morgan fingerprint density at radius 1 is 0.974 bits per heavy atom. The number of rotatable bonds is 9. The number of benzene rings is 3. The zero-order valence-electron chi connectivity index (χ0n) is 22.6. The summed E-state index contributed by atoms with van der Waals surface area (Å²) in [5, 5.41) is 3.32. The van der Waals surface area contributed by atoms with Crippen molar-refractivity contribution < 1.29 is 18.0 Å². The van der Waals surface area contributed by atoms with Crippen LogP contribution in [0.3, 0.4) is 0 Å². The smallest absolute Gasteiger partial charge is 0.264 e. The van der Waals surface area contributed by atoms with E-state index in [2.05, 4.69) is 21.2 Å². The third kappa shape index (κ3) is 8.06. The standard InChI is InChI=1S/C29H33BrClN3O4S/c1-20-8-6-7-9-26(20)34(39(37,38)25-16-14-24(31)15-17-25)19-27(35)33(18-22-10-12-23(30)13-11-22)21(2)28(36)32-29(3,4)5/h6-17,21H,18-19H2,1-5H3,(H,32,36)/t21-/m0/s1. The molecule has 0 aliphatic heterocycles. The summed E-state index contributed by atoms with van der Waals surface area (Å²) < 4.78 is 29.7. The van der Waals surface area contributed by atoms with Crippen LogP contribution in [0.2, 0.25) is 5.02 Å². The molecule has 10 heteroatoms. The Hall–Kier alpha value is -2.88. The number of carbonyl (C=O) groups is 2. The van der Waals surface area contributed by atoms with Crippen molar-refractivity contribution in [3.8, 4) is 0 Å². The number of hydrogen-bond donors (Lipinski definition) is 1. The van der Waals surface area contributed by atoms with Crippen LogP contribution in [0.15, 0.2) is 82.2 Å². The Morgan fingerprint density at radius 2 is 1.56 bits per heavy atom. The highest BCUT2D eigenvalue weighted by Crippen LogP contribution is 2.28. The maximum absolute atomic E-state index is 14.0. The number of nitrogens with zero attached hydrogens (tertiary/aromatic N) is 2. The minimum atomic E-state index is -4.15. The van der Waals surface area contributed by atoms with Crippen molar-refractivity contribution in [2.75, 3.05) is 10.8 Å². The highest BCUT2D eigenvalue weighted by Gasteiger charge is 2.33. The second kappa shape index (κ2) is 12.5. The molecule has 0 radical (unpaired) electrons. The summed E-state index contributed by atoms with van der Waals surface area (Å²) in [6, 6.07) is 19.3. The molecule has 3 aromatic carbocycles. The van der Waals surface area contributed by atoms with Gasteiger partial charge < -0.3 is 10.2 Å². The third-order valence-electron chi connectivity index (χ3n) is 6.00. The summed E-state index contributed by atoms with van der Waals surface area (Å²) in [7, 11) is -4.15. The van der Waals surface area contributed by atoms with Gasteiger partial charge in [-0.3, -0.25) is 13.9 Å². The molecule has 0 aliphatic carbocycles. The Labute approximate surface area is 244 Å². The molecule has 0 fully saturated rings. The maximum atomic E-state index is 14.0. The monoisotopic (exact) mass is 633 g/mol. The molecule has 0 saturated carbocycles. The van der Waals surface area contributed by atoms with Crippen LogP contribution in [-0.4, -0.2) is 43.3 Å². The molecule has 3 aromatic rings. The average molecular weight is 635 g/mol. The lowest BCUT2D eigenvalue weighted by Gasteiger charge is -2.33. The van der Waals surface area contributed by atoms with E-state index in [0.29, 0.717) is 16.3 Å². The van der Waals surface area contributed by atoms with Gasteiger partial charge in [-0.2, -0.15) is 0 Å². The van der Waals surface area contributed by atoms with E-state index in [0.717, 1.165) is 14.3 Å². The molecule has 2 amide bonds. The number of nitrogens with one attached hydrogen (secondary N) is 1.